The Labute approximate surface area is 171 Å². The van der Waals surface area contributed by atoms with Gasteiger partial charge in [0, 0.05) is 50.2 Å². The Morgan fingerprint density at radius 1 is 1.17 bits per heavy atom. The smallest absolute Gasteiger partial charge is 0.289 e. The molecule has 1 aliphatic carbocycles. The maximum absolute atomic E-state index is 12.5. The molecule has 29 heavy (non-hydrogen) atoms. The predicted octanol–water partition coefficient (Wildman–Crippen LogP) is 2.35. The van der Waals surface area contributed by atoms with Crippen molar-refractivity contribution in [2.24, 2.45) is 4.99 Å². The molecule has 7 nitrogen and oxygen atoms in total. The Hall–Kier alpha value is -2.96. The van der Waals surface area contributed by atoms with Gasteiger partial charge >= 0.3 is 0 Å². The molecule has 0 spiro atoms. The van der Waals surface area contributed by atoms with Crippen molar-refractivity contribution in [2.45, 2.75) is 24.8 Å². The monoisotopic (exact) mass is 396 g/mol. The molecule has 1 aromatic heterocycles. The summed E-state index contributed by atoms with van der Waals surface area (Å²) in [6.07, 6.45) is 2.56. The maximum Gasteiger partial charge on any atom is 0.289 e. The molecule has 2 aromatic rings. The molecule has 0 radical (unpaired) electrons. The molecule has 2 atom stereocenters. The lowest BCUT2D eigenvalue weighted by Gasteiger charge is -2.36. The number of methoxy groups -OCH3 is 1. The summed E-state index contributed by atoms with van der Waals surface area (Å²) in [4.78, 5) is 21.0. The number of benzene rings is 1. The first-order valence-electron chi connectivity index (χ1n) is 10.0. The van der Waals surface area contributed by atoms with E-state index in [9.17, 15) is 4.79 Å². The zero-order chi connectivity index (χ0) is 20.4. The lowest BCUT2D eigenvalue weighted by molar-refractivity contribution is 0.0657. The molecule has 1 saturated carbocycles. The van der Waals surface area contributed by atoms with Crippen LogP contribution >= 0.6 is 0 Å². The second kappa shape index (κ2) is 7.81. The van der Waals surface area contributed by atoms with Crippen molar-refractivity contribution < 1.29 is 13.9 Å². The molecular formula is C22H28N4O3. The molecule has 154 valence electrons. The summed E-state index contributed by atoms with van der Waals surface area (Å²) >= 11 is 0. The number of hydrogen-bond acceptors (Lipinski definition) is 4. The highest BCUT2D eigenvalue weighted by Crippen LogP contribution is 2.51. The van der Waals surface area contributed by atoms with Gasteiger partial charge in [-0.25, -0.2) is 0 Å². The number of carbonyl (C=O) groups is 1. The van der Waals surface area contributed by atoms with Gasteiger partial charge in [0.25, 0.3) is 5.91 Å². The molecule has 0 bridgehead atoms. The van der Waals surface area contributed by atoms with Crippen LogP contribution in [0.25, 0.3) is 0 Å². The highest BCUT2D eigenvalue weighted by Gasteiger charge is 2.53. The molecule has 1 N–H and O–H groups in total. The van der Waals surface area contributed by atoms with Crippen LogP contribution < -0.4 is 10.1 Å². The van der Waals surface area contributed by atoms with Crippen LogP contribution in [0.15, 0.2) is 52.1 Å². The van der Waals surface area contributed by atoms with Gasteiger partial charge in [0.2, 0.25) is 0 Å². The minimum atomic E-state index is -0.0523. The lowest BCUT2D eigenvalue weighted by atomic mass is 9.96. The number of nitrogens with one attached hydrogen (secondary N) is 1. The van der Waals surface area contributed by atoms with Crippen molar-refractivity contribution in [3.05, 3.63) is 54.0 Å². The third-order valence-electron chi connectivity index (χ3n) is 6.07. The van der Waals surface area contributed by atoms with Gasteiger partial charge in [-0.1, -0.05) is 25.1 Å². The zero-order valence-corrected chi connectivity index (χ0v) is 17.2. The van der Waals surface area contributed by atoms with Gasteiger partial charge in [0.1, 0.15) is 5.75 Å². The Morgan fingerprint density at radius 3 is 2.55 bits per heavy atom. The molecule has 2 unspecified atom stereocenters. The van der Waals surface area contributed by atoms with Crippen molar-refractivity contribution in [2.75, 3.05) is 40.3 Å². The standard InChI is InChI=1S/C22H28N4O3/c1-22(16-7-4-5-8-17(16)28-3)15-19(22)24-21(23-2)26-12-10-25(11-13-26)20(27)18-9-6-14-29-18/h4-9,14,19H,10-13,15H2,1-3H3,(H,23,24). The molecule has 1 aliphatic heterocycles. The molecule has 2 aliphatic rings. The van der Waals surface area contributed by atoms with Crippen molar-refractivity contribution >= 4 is 11.9 Å². The van der Waals surface area contributed by atoms with Crippen molar-refractivity contribution in [3.63, 3.8) is 0 Å². The van der Waals surface area contributed by atoms with Crippen LogP contribution in [0.5, 0.6) is 5.75 Å². The number of aliphatic imine (C=N–C) groups is 1. The van der Waals surface area contributed by atoms with Gasteiger partial charge in [-0.15, -0.1) is 0 Å². The van der Waals surface area contributed by atoms with Crippen molar-refractivity contribution in [3.8, 4) is 5.75 Å². The number of rotatable bonds is 4. The summed E-state index contributed by atoms with van der Waals surface area (Å²) in [5.74, 6) is 2.16. The molecular weight excluding hydrogens is 368 g/mol. The Balaban J connectivity index is 1.36. The van der Waals surface area contributed by atoms with Gasteiger partial charge < -0.3 is 24.3 Å². The van der Waals surface area contributed by atoms with Gasteiger partial charge in [-0.3, -0.25) is 9.79 Å². The SMILES string of the molecule is CN=C(NC1CC1(C)c1ccccc1OC)N1CCN(C(=O)c2ccco2)CC1. The number of amides is 1. The summed E-state index contributed by atoms with van der Waals surface area (Å²) < 4.78 is 10.8. The number of furan rings is 1. The lowest BCUT2D eigenvalue weighted by Crippen LogP contribution is -2.54. The Morgan fingerprint density at radius 2 is 1.90 bits per heavy atom. The minimum Gasteiger partial charge on any atom is -0.496 e. The zero-order valence-electron chi connectivity index (χ0n) is 17.2. The molecule has 1 amide bonds. The van der Waals surface area contributed by atoms with E-state index in [1.54, 1.807) is 19.2 Å². The van der Waals surface area contributed by atoms with E-state index >= 15 is 0 Å². The largest absolute Gasteiger partial charge is 0.496 e. The highest BCUT2D eigenvalue weighted by atomic mass is 16.5. The first-order chi connectivity index (χ1) is 14.1. The molecule has 2 fully saturated rings. The van der Waals surface area contributed by atoms with E-state index in [1.165, 1.54) is 11.8 Å². The van der Waals surface area contributed by atoms with Crippen LogP contribution in [-0.4, -0.2) is 68.0 Å². The van der Waals surface area contributed by atoms with Crippen LogP contribution in [0, 0.1) is 0 Å². The quantitative estimate of drug-likeness (QED) is 0.635. The minimum absolute atomic E-state index is 0.0274. The fourth-order valence-electron chi connectivity index (χ4n) is 4.12. The second-order valence-electron chi connectivity index (χ2n) is 7.82. The van der Waals surface area contributed by atoms with Crippen LogP contribution in [0.3, 0.4) is 0 Å². The third-order valence-corrected chi connectivity index (χ3v) is 6.07. The number of piperazine rings is 1. The van der Waals surface area contributed by atoms with Gasteiger partial charge in [-0.2, -0.15) is 0 Å². The average molecular weight is 396 g/mol. The van der Waals surface area contributed by atoms with E-state index in [1.807, 2.05) is 24.1 Å². The molecule has 1 saturated heterocycles. The predicted molar refractivity (Wildman–Crippen MR) is 111 cm³/mol. The number of guanidine groups is 1. The van der Waals surface area contributed by atoms with Gasteiger partial charge in [0.05, 0.1) is 13.4 Å². The normalized spacial score (nSPS) is 24.4. The highest BCUT2D eigenvalue weighted by molar-refractivity contribution is 5.91. The summed E-state index contributed by atoms with van der Waals surface area (Å²) in [5.41, 5.74) is 1.25. The first kappa shape index (κ1) is 19.4. The molecule has 2 heterocycles. The summed E-state index contributed by atoms with van der Waals surface area (Å²) in [5, 5.41) is 3.62. The summed E-state index contributed by atoms with van der Waals surface area (Å²) in [6, 6.07) is 12.0. The van der Waals surface area contributed by atoms with E-state index in [0.29, 0.717) is 24.9 Å². The van der Waals surface area contributed by atoms with Gasteiger partial charge in [0.15, 0.2) is 11.7 Å². The second-order valence-corrected chi connectivity index (χ2v) is 7.82. The number of para-hydroxylation sites is 1. The van der Waals surface area contributed by atoms with E-state index in [4.69, 9.17) is 9.15 Å². The van der Waals surface area contributed by atoms with E-state index in [-0.39, 0.29) is 11.3 Å². The van der Waals surface area contributed by atoms with E-state index < -0.39 is 0 Å². The Kier molecular flexibility index (Phi) is 5.22. The summed E-state index contributed by atoms with van der Waals surface area (Å²) in [6.45, 7) is 5.04. The van der Waals surface area contributed by atoms with E-state index in [0.717, 1.165) is 31.2 Å². The number of carbonyl (C=O) groups excluding carboxylic acids is 1. The maximum atomic E-state index is 12.5. The van der Waals surface area contributed by atoms with Crippen LogP contribution in [0.2, 0.25) is 0 Å². The molecule has 4 rings (SSSR count). The van der Waals surface area contributed by atoms with E-state index in [2.05, 4.69) is 34.3 Å². The number of ether oxygens (including phenoxy) is 1. The van der Waals surface area contributed by atoms with Crippen molar-refractivity contribution in [1.29, 1.82) is 0 Å². The Bertz CT molecular complexity index is 887. The topological polar surface area (TPSA) is 70.3 Å². The number of hydrogen-bond donors (Lipinski definition) is 1. The average Bonchev–Trinajstić information content (AvgIpc) is 3.16. The van der Waals surface area contributed by atoms with Crippen LogP contribution in [0.1, 0.15) is 29.5 Å². The van der Waals surface area contributed by atoms with Crippen LogP contribution in [0.4, 0.5) is 0 Å². The first-order valence-corrected chi connectivity index (χ1v) is 10.0. The summed E-state index contributed by atoms with van der Waals surface area (Å²) in [7, 11) is 3.53. The number of nitrogens with zero attached hydrogens (tertiary/aromatic N) is 3. The van der Waals surface area contributed by atoms with Gasteiger partial charge in [-0.05, 0) is 24.6 Å². The van der Waals surface area contributed by atoms with Crippen molar-refractivity contribution in [1.82, 2.24) is 15.1 Å². The molecule has 1 aromatic carbocycles. The van der Waals surface area contributed by atoms with Crippen LogP contribution in [-0.2, 0) is 5.41 Å². The fraction of sp³-hybridized carbons (Fsp3) is 0.455. The fourth-order valence-corrected chi connectivity index (χ4v) is 4.12. The third kappa shape index (κ3) is 3.69. The molecule has 7 heteroatoms.